The van der Waals surface area contributed by atoms with Crippen LogP contribution in [0.1, 0.15) is 48.2 Å². The molecule has 7 rings (SSSR count). The van der Waals surface area contributed by atoms with Crippen molar-refractivity contribution >= 4 is 57.0 Å². The number of hydrogen-bond donors (Lipinski definition) is 1. The Morgan fingerprint density at radius 3 is 2.80 bits per heavy atom. The molecule has 1 aromatic carbocycles. The van der Waals surface area contributed by atoms with Crippen LogP contribution in [-0.2, 0) is 16.7 Å². The van der Waals surface area contributed by atoms with Gasteiger partial charge in [0.2, 0.25) is 0 Å². The van der Waals surface area contributed by atoms with E-state index in [1.165, 1.54) is 0 Å². The lowest BCUT2D eigenvalue weighted by atomic mass is 10.0. The van der Waals surface area contributed by atoms with E-state index in [0.717, 1.165) is 82.3 Å². The highest BCUT2D eigenvalue weighted by atomic mass is 127. The standard InChI is InChI=1S/C29H32IN7O3S/c1-18-16-41-27(32-18)29(17-36(28(38)39)14-19-7-3-2-4-8-19)20-10-11-35(15-21(20)29)22-13-31-24-25(30)34-37(26(24)33-22)23-9-5-6-12-40-23/h2-4,7-8,13,16,20-21,23H,5-6,9-12,14-15,17H2,1H3,(H,38,39)/t20-,21+,23?,29+/m1/s1. The molecule has 3 aliphatic rings. The molecular weight excluding hydrogens is 653 g/mol. The summed E-state index contributed by atoms with van der Waals surface area (Å²) in [6.07, 6.45) is 4.91. The number of carbonyl (C=O) groups is 1. The molecular formula is C29H32IN7O3S. The average molecular weight is 686 g/mol. The molecule has 3 fully saturated rings. The molecule has 10 nitrogen and oxygen atoms in total. The van der Waals surface area contributed by atoms with Gasteiger partial charge in [0.1, 0.15) is 16.3 Å². The van der Waals surface area contributed by atoms with Crippen molar-refractivity contribution in [1.29, 1.82) is 0 Å². The van der Waals surface area contributed by atoms with Gasteiger partial charge in [-0.15, -0.1) is 11.3 Å². The van der Waals surface area contributed by atoms with E-state index in [1.807, 2.05) is 48.1 Å². The molecule has 5 heterocycles. The van der Waals surface area contributed by atoms with Gasteiger partial charge >= 0.3 is 6.09 Å². The highest BCUT2D eigenvalue weighted by Gasteiger charge is 2.68. The lowest BCUT2D eigenvalue weighted by Crippen LogP contribution is -2.38. The first-order chi connectivity index (χ1) is 19.9. The van der Waals surface area contributed by atoms with Crippen LogP contribution < -0.4 is 4.90 Å². The largest absolute Gasteiger partial charge is 0.465 e. The maximum Gasteiger partial charge on any atom is 0.407 e. The number of rotatable bonds is 7. The molecule has 4 aromatic rings. The normalized spacial score (nSPS) is 25.7. The zero-order valence-corrected chi connectivity index (χ0v) is 25.8. The Hall–Kier alpha value is -2.84. The first-order valence-corrected chi connectivity index (χ1v) is 16.1. The van der Waals surface area contributed by atoms with Crippen molar-refractivity contribution in [2.75, 3.05) is 31.1 Å². The number of hydrogen-bond acceptors (Lipinski definition) is 8. The topological polar surface area (TPSA) is 110 Å². The molecule has 0 bridgehead atoms. The van der Waals surface area contributed by atoms with Crippen LogP contribution >= 0.6 is 33.9 Å². The molecule has 214 valence electrons. The van der Waals surface area contributed by atoms with Gasteiger partial charge in [-0.2, -0.15) is 5.10 Å². The number of anilines is 1. The lowest BCUT2D eigenvalue weighted by Gasteiger charge is -2.28. The van der Waals surface area contributed by atoms with Gasteiger partial charge in [0.25, 0.3) is 0 Å². The average Bonchev–Trinajstić information content (AvgIpc) is 3.22. The van der Waals surface area contributed by atoms with Gasteiger partial charge < -0.3 is 19.6 Å². The van der Waals surface area contributed by atoms with Crippen LogP contribution in [0.5, 0.6) is 0 Å². The van der Waals surface area contributed by atoms with Crippen molar-refractivity contribution in [3.8, 4) is 0 Å². The Balaban J connectivity index is 1.18. The minimum absolute atomic E-state index is 0.110. The quantitative estimate of drug-likeness (QED) is 0.255. The molecule has 12 heteroatoms. The number of aromatic nitrogens is 5. The van der Waals surface area contributed by atoms with Gasteiger partial charge in [0.05, 0.1) is 6.20 Å². The van der Waals surface area contributed by atoms with Crippen LogP contribution in [0.3, 0.4) is 0 Å². The van der Waals surface area contributed by atoms with Crippen molar-refractivity contribution in [2.24, 2.45) is 11.8 Å². The number of benzene rings is 1. The Kier molecular flexibility index (Phi) is 7.10. The summed E-state index contributed by atoms with van der Waals surface area (Å²) in [5.74, 6) is 1.49. The maximum absolute atomic E-state index is 12.5. The van der Waals surface area contributed by atoms with E-state index < -0.39 is 6.09 Å². The molecule has 1 aliphatic carbocycles. The summed E-state index contributed by atoms with van der Waals surface area (Å²) in [5, 5.41) is 18.1. The SMILES string of the molecule is Cc1csc([C@@]2(CN(Cc3ccccc3)C(=O)O)[C@@H]3CCN(c4cnc5c(I)nn(C6CCCCO6)c5n4)C[C@@H]32)n1. The third kappa shape index (κ3) is 4.87. The van der Waals surface area contributed by atoms with E-state index in [1.54, 1.807) is 16.2 Å². The summed E-state index contributed by atoms with van der Waals surface area (Å²) in [7, 11) is 0. The molecule has 4 atom stereocenters. The van der Waals surface area contributed by atoms with E-state index in [0.29, 0.717) is 19.0 Å². The minimum Gasteiger partial charge on any atom is -0.465 e. The summed E-state index contributed by atoms with van der Waals surface area (Å²) < 4.78 is 8.77. The molecule has 0 spiro atoms. The maximum atomic E-state index is 12.5. The molecule has 1 saturated carbocycles. The number of ether oxygens (including phenoxy) is 1. The van der Waals surface area contributed by atoms with Crippen molar-refractivity contribution in [3.05, 3.63) is 61.9 Å². The summed E-state index contributed by atoms with van der Waals surface area (Å²) in [6.45, 7) is 5.16. The number of nitrogens with zero attached hydrogens (tertiary/aromatic N) is 7. The smallest absolute Gasteiger partial charge is 0.407 e. The van der Waals surface area contributed by atoms with Crippen LogP contribution in [0.25, 0.3) is 11.2 Å². The van der Waals surface area contributed by atoms with Crippen molar-refractivity contribution in [2.45, 2.75) is 50.8 Å². The Bertz CT molecular complexity index is 1570. The summed E-state index contributed by atoms with van der Waals surface area (Å²) in [6, 6.07) is 9.83. The highest BCUT2D eigenvalue weighted by molar-refractivity contribution is 14.1. The number of halogens is 1. The third-order valence-electron chi connectivity index (χ3n) is 8.89. The van der Waals surface area contributed by atoms with Crippen LogP contribution in [0.4, 0.5) is 10.6 Å². The molecule has 2 aliphatic heterocycles. The number of amides is 1. The first-order valence-electron chi connectivity index (χ1n) is 14.2. The summed E-state index contributed by atoms with van der Waals surface area (Å²) in [5.41, 5.74) is 3.24. The van der Waals surface area contributed by atoms with E-state index >= 15 is 0 Å². The number of fused-ring (bicyclic) bond motifs is 2. The van der Waals surface area contributed by atoms with Gasteiger partial charge in [-0.25, -0.2) is 24.4 Å². The van der Waals surface area contributed by atoms with E-state index in [9.17, 15) is 9.90 Å². The zero-order valence-electron chi connectivity index (χ0n) is 22.8. The molecule has 1 amide bonds. The van der Waals surface area contributed by atoms with Crippen LogP contribution in [0, 0.1) is 22.5 Å². The van der Waals surface area contributed by atoms with Gasteiger partial charge in [-0.05, 0) is 72.6 Å². The number of carboxylic acid groups (broad SMARTS) is 1. The lowest BCUT2D eigenvalue weighted by molar-refractivity contribution is -0.0372. The fraction of sp³-hybridized carbons (Fsp3) is 0.483. The van der Waals surface area contributed by atoms with Crippen LogP contribution in [-0.4, -0.2) is 67.1 Å². The third-order valence-corrected chi connectivity index (χ3v) is 10.8. The van der Waals surface area contributed by atoms with Gasteiger partial charge in [0.15, 0.2) is 15.6 Å². The molecule has 1 N–H and O–H groups in total. The first kappa shape index (κ1) is 27.0. The molecule has 2 saturated heterocycles. The summed E-state index contributed by atoms with van der Waals surface area (Å²) >= 11 is 3.89. The number of piperidine rings is 1. The van der Waals surface area contributed by atoms with Gasteiger partial charge in [-0.1, -0.05) is 30.3 Å². The summed E-state index contributed by atoms with van der Waals surface area (Å²) in [4.78, 5) is 31.1. The van der Waals surface area contributed by atoms with Crippen molar-refractivity contribution in [3.63, 3.8) is 0 Å². The predicted octanol–water partition coefficient (Wildman–Crippen LogP) is 5.47. The highest BCUT2D eigenvalue weighted by Crippen LogP contribution is 2.64. The number of thiazole rings is 1. The zero-order chi connectivity index (χ0) is 28.1. The van der Waals surface area contributed by atoms with Crippen molar-refractivity contribution in [1.82, 2.24) is 29.6 Å². The Labute approximate surface area is 255 Å². The fourth-order valence-corrected chi connectivity index (χ4v) is 8.55. The van der Waals surface area contributed by atoms with Crippen molar-refractivity contribution < 1.29 is 14.6 Å². The molecule has 1 unspecified atom stereocenters. The van der Waals surface area contributed by atoms with Crippen LogP contribution in [0.15, 0.2) is 41.9 Å². The Morgan fingerprint density at radius 2 is 2.07 bits per heavy atom. The second-order valence-corrected chi connectivity index (χ2v) is 13.2. The second-order valence-electron chi connectivity index (χ2n) is 11.4. The second kappa shape index (κ2) is 10.8. The van der Waals surface area contributed by atoms with Gasteiger partial charge in [-0.3, -0.25) is 0 Å². The van der Waals surface area contributed by atoms with Crippen LogP contribution in [0.2, 0.25) is 0 Å². The minimum atomic E-state index is -0.897. The molecule has 41 heavy (non-hydrogen) atoms. The Morgan fingerprint density at radius 1 is 1.22 bits per heavy atom. The predicted molar refractivity (Wildman–Crippen MR) is 164 cm³/mol. The van der Waals surface area contributed by atoms with E-state index in [4.69, 9.17) is 24.8 Å². The molecule has 0 radical (unpaired) electrons. The fourth-order valence-electron chi connectivity index (χ4n) is 6.82. The monoisotopic (exact) mass is 685 g/mol. The van der Waals surface area contributed by atoms with Gasteiger partial charge in [0, 0.05) is 49.3 Å². The van der Waals surface area contributed by atoms with E-state index in [-0.39, 0.29) is 17.6 Å². The van der Waals surface area contributed by atoms with E-state index in [2.05, 4.69) is 32.9 Å². The molecule has 3 aromatic heterocycles. The number of aryl methyl sites for hydroxylation is 1.